The number of ether oxygens (including phenoxy) is 1. The molecule has 6 heteroatoms. The summed E-state index contributed by atoms with van der Waals surface area (Å²) >= 11 is 0. The Morgan fingerprint density at radius 1 is 0.821 bits per heavy atom. The van der Waals surface area contributed by atoms with Crippen LogP contribution in [-0.4, -0.2) is 61.1 Å². The predicted octanol–water partition coefficient (Wildman–Crippen LogP) is 3.13. The van der Waals surface area contributed by atoms with E-state index in [1.807, 2.05) is 70.5 Å². The highest BCUT2D eigenvalue weighted by molar-refractivity contribution is 5.99. The van der Waals surface area contributed by atoms with Crippen molar-refractivity contribution in [3.8, 4) is 0 Å². The number of nitrogens with zero attached hydrogens (tertiary/aromatic N) is 3. The summed E-state index contributed by atoms with van der Waals surface area (Å²) in [5.74, 6) is 0.139. The fraction of sp³-hybridized carbons (Fsp3) is 0.364. The van der Waals surface area contributed by atoms with E-state index < -0.39 is 0 Å². The lowest BCUT2D eigenvalue weighted by Crippen LogP contribution is -2.54. The van der Waals surface area contributed by atoms with Gasteiger partial charge in [-0.1, -0.05) is 36.4 Å². The first-order chi connectivity index (χ1) is 13.7. The number of carbonyl (C=O) groups is 2. The molecule has 146 valence electrons. The summed E-state index contributed by atoms with van der Waals surface area (Å²) in [6, 6.07) is 19.3. The van der Waals surface area contributed by atoms with Crippen molar-refractivity contribution < 1.29 is 14.3 Å². The predicted molar refractivity (Wildman–Crippen MR) is 107 cm³/mol. The van der Waals surface area contributed by atoms with Gasteiger partial charge in [-0.2, -0.15) is 0 Å². The second-order valence-electron chi connectivity index (χ2n) is 7.16. The summed E-state index contributed by atoms with van der Waals surface area (Å²) in [5, 5.41) is 0. The number of urea groups is 1. The van der Waals surface area contributed by atoms with Crippen molar-refractivity contribution in [3.05, 3.63) is 60.7 Å². The topological polar surface area (TPSA) is 53.1 Å². The van der Waals surface area contributed by atoms with Crippen molar-refractivity contribution in [1.29, 1.82) is 0 Å². The fourth-order valence-electron chi connectivity index (χ4n) is 3.77. The van der Waals surface area contributed by atoms with E-state index >= 15 is 0 Å². The van der Waals surface area contributed by atoms with Crippen LogP contribution in [0.5, 0.6) is 0 Å². The zero-order valence-corrected chi connectivity index (χ0v) is 15.9. The van der Waals surface area contributed by atoms with Crippen molar-refractivity contribution >= 4 is 23.3 Å². The molecular formula is C22H25N3O3. The second kappa shape index (κ2) is 8.44. The third kappa shape index (κ3) is 3.87. The Morgan fingerprint density at radius 2 is 1.36 bits per heavy atom. The third-order valence-electron chi connectivity index (χ3n) is 5.36. The molecule has 0 saturated carbocycles. The van der Waals surface area contributed by atoms with Crippen molar-refractivity contribution in [1.82, 2.24) is 9.80 Å². The van der Waals surface area contributed by atoms with Crippen molar-refractivity contribution in [3.63, 3.8) is 0 Å². The molecule has 0 spiro atoms. The minimum Gasteiger partial charge on any atom is -0.381 e. The van der Waals surface area contributed by atoms with E-state index in [9.17, 15) is 9.59 Å². The van der Waals surface area contributed by atoms with Crippen LogP contribution in [0.15, 0.2) is 60.7 Å². The van der Waals surface area contributed by atoms with Gasteiger partial charge in [0.2, 0.25) is 5.91 Å². The molecule has 1 atom stereocenters. The lowest BCUT2D eigenvalue weighted by Gasteiger charge is -2.38. The van der Waals surface area contributed by atoms with Gasteiger partial charge >= 0.3 is 6.03 Å². The van der Waals surface area contributed by atoms with Crippen LogP contribution in [0.3, 0.4) is 0 Å². The average Bonchev–Trinajstić information content (AvgIpc) is 3.30. The first-order valence-electron chi connectivity index (χ1n) is 9.80. The summed E-state index contributed by atoms with van der Waals surface area (Å²) in [4.78, 5) is 31.4. The Hall–Kier alpha value is -2.86. The van der Waals surface area contributed by atoms with Crippen molar-refractivity contribution in [2.45, 2.75) is 6.42 Å². The lowest BCUT2D eigenvalue weighted by atomic mass is 10.1. The molecule has 4 rings (SSSR count). The first kappa shape index (κ1) is 18.5. The van der Waals surface area contributed by atoms with E-state index in [4.69, 9.17) is 4.74 Å². The molecule has 0 radical (unpaired) electrons. The molecule has 6 nitrogen and oxygen atoms in total. The van der Waals surface area contributed by atoms with E-state index in [0.29, 0.717) is 39.4 Å². The highest BCUT2D eigenvalue weighted by atomic mass is 16.5. The molecule has 3 amide bonds. The number of hydrogen-bond acceptors (Lipinski definition) is 3. The van der Waals surface area contributed by atoms with Gasteiger partial charge in [0.25, 0.3) is 0 Å². The summed E-state index contributed by atoms with van der Waals surface area (Å²) in [5.41, 5.74) is 1.67. The molecular weight excluding hydrogens is 354 g/mol. The van der Waals surface area contributed by atoms with Gasteiger partial charge in [0.15, 0.2) is 0 Å². The van der Waals surface area contributed by atoms with Gasteiger partial charge in [0.1, 0.15) is 0 Å². The standard InChI is InChI=1S/C22H25N3O3/c26-21(18-11-16-28-17-18)23-12-14-24(15-13-23)22(27)25(19-7-3-1-4-8-19)20-9-5-2-6-10-20/h1-10,18H,11-17H2/t18-/m0/s1. The molecule has 0 N–H and O–H groups in total. The number of carbonyl (C=O) groups excluding carboxylic acids is 2. The van der Waals surface area contributed by atoms with Gasteiger partial charge in [-0.05, 0) is 30.7 Å². The van der Waals surface area contributed by atoms with Crippen LogP contribution in [-0.2, 0) is 9.53 Å². The number of amides is 3. The van der Waals surface area contributed by atoms with Crippen LogP contribution in [0.1, 0.15) is 6.42 Å². The zero-order chi connectivity index (χ0) is 19.3. The molecule has 2 fully saturated rings. The number of anilines is 2. The van der Waals surface area contributed by atoms with Crippen LogP contribution in [0.2, 0.25) is 0 Å². The quantitative estimate of drug-likeness (QED) is 0.823. The molecule has 2 heterocycles. The molecule has 2 saturated heterocycles. The normalized spacial score (nSPS) is 19.5. The third-order valence-corrected chi connectivity index (χ3v) is 5.36. The monoisotopic (exact) mass is 379 g/mol. The van der Waals surface area contributed by atoms with Crippen molar-refractivity contribution in [2.75, 3.05) is 44.3 Å². The maximum Gasteiger partial charge on any atom is 0.329 e. The Labute approximate surface area is 165 Å². The Morgan fingerprint density at radius 3 is 1.86 bits per heavy atom. The molecule has 2 aromatic carbocycles. The molecule has 0 unspecified atom stereocenters. The second-order valence-corrected chi connectivity index (χ2v) is 7.16. The Balaban J connectivity index is 1.47. The van der Waals surface area contributed by atoms with E-state index in [2.05, 4.69) is 0 Å². The van der Waals surface area contributed by atoms with Crippen LogP contribution in [0, 0.1) is 5.92 Å². The van der Waals surface area contributed by atoms with E-state index in [0.717, 1.165) is 17.8 Å². The van der Waals surface area contributed by atoms with Crippen molar-refractivity contribution in [2.24, 2.45) is 5.92 Å². The summed E-state index contributed by atoms with van der Waals surface area (Å²) < 4.78 is 5.34. The van der Waals surface area contributed by atoms with Gasteiger partial charge in [-0.25, -0.2) is 4.79 Å². The van der Waals surface area contributed by atoms with Crippen LogP contribution in [0.4, 0.5) is 16.2 Å². The minimum atomic E-state index is -0.0614. The number of para-hydroxylation sites is 2. The smallest absolute Gasteiger partial charge is 0.329 e. The maximum absolute atomic E-state index is 13.4. The van der Waals surface area contributed by atoms with E-state index in [1.54, 1.807) is 4.90 Å². The average molecular weight is 379 g/mol. The lowest BCUT2D eigenvalue weighted by molar-refractivity contribution is -0.136. The number of hydrogen-bond donors (Lipinski definition) is 0. The fourth-order valence-corrected chi connectivity index (χ4v) is 3.77. The molecule has 0 aliphatic carbocycles. The SMILES string of the molecule is O=C([C@H]1CCOC1)N1CCN(C(=O)N(c2ccccc2)c2ccccc2)CC1. The number of benzene rings is 2. The summed E-state index contributed by atoms with van der Waals surface area (Å²) in [6.45, 7) is 3.39. The van der Waals surface area contributed by atoms with Gasteiger partial charge in [0, 0.05) is 32.8 Å². The summed E-state index contributed by atoms with van der Waals surface area (Å²) in [7, 11) is 0. The van der Waals surface area contributed by atoms with Crippen LogP contribution < -0.4 is 4.90 Å². The van der Waals surface area contributed by atoms with Gasteiger partial charge < -0.3 is 14.5 Å². The highest BCUT2D eigenvalue weighted by Crippen LogP contribution is 2.27. The first-order valence-corrected chi connectivity index (χ1v) is 9.80. The molecule has 28 heavy (non-hydrogen) atoms. The molecule has 0 aromatic heterocycles. The molecule has 2 aliphatic rings. The Bertz CT molecular complexity index is 759. The van der Waals surface area contributed by atoms with E-state index in [-0.39, 0.29) is 17.9 Å². The number of rotatable bonds is 3. The zero-order valence-electron chi connectivity index (χ0n) is 15.9. The largest absolute Gasteiger partial charge is 0.381 e. The van der Waals surface area contributed by atoms with Gasteiger partial charge in [-0.3, -0.25) is 9.69 Å². The highest BCUT2D eigenvalue weighted by Gasteiger charge is 2.32. The van der Waals surface area contributed by atoms with Crippen LogP contribution >= 0.6 is 0 Å². The Kier molecular flexibility index (Phi) is 5.58. The molecule has 0 bridgehead atoms. The molecule has 2 aliphatic heterocycles. The van der Waals surface area contributed by atoms with Crippen LogP contribution in [0.25, 0.3) is 0 Å². The van der Waals surface area contributed by atoms with Gasteiger partial charge in [0.05, 0.1) is 23.9 Å². The van der Waals surface area contributed by atoms with Gasteiger partial charge in [-0.15, -0.1) is 0 Å². The number of piperazine rings is 1. The minimum absolute atomic E-state index is 0.0209. The summed E-state index contributed by atoms with van der Waals surface area (Å²) in [6.07, 6.45) is 0.799. The molecule has 2 aromatic rings. The van der Waals surface area contributed by atoms with E-state index in [1.165, 1.54) is 0 Å². The maximum atomic E-state index is 13.4.